The topological polar surface area (TPSA) is 76.4 Å². The van der Waals surface area contributed by atoms with Crippen LogP contribution in [0.2, 0.25) is 0 Å². The van der Waals surface area contributed by atoms with Gasteiger partial charge in [0.1, 0.15) is 11.1 Å². The van der Waals surface area contributed by atoms with Crippen molar-refractivity contribution >= 4 is 32.3 Å². The Morgan fingerprint density at radius 3 is 2.50 bits per heavy atom. The van der Waals surface area contributed by atoms with Crippen LogP contribution in [0.3, 0.4) is 0 Å². The molecular formula is C12H13NO4S. The van der Waals surface area contributed by atoms with E-state index < -0.39 is 16.1 Å². The zero-order chi connectivity index (χ0) is 12.6. The number of aromatic hydroxyl groups is 1. The average molecular weight is 267 g/mol. The summed E-state index contributed by atoms with van der Waals surface area (Å²) in [4.78, 5) is 11.6. The zero-order valence-corrected chi connectivity index (χ0v) is 9.73. The van der Waals surface area contributed by atoms with Gasteiger partial charge in [-0.25, -0.2) is 0 Å². The van der Waals surface area contributed by atoms with Crippen LogP contribution in [0.5, 0.6) is 5.75 Å². The van der Waals surface area contributed by atoms with Crippen LogP contribution in [0, 0.1) is 0 Å². The smallest absolute Gasteiger partial charge is 0.221 e. The Bertz CT molecular complexity index is 694. The van der Waals surface area contributed by atoms with E-state index in [1.807, 2.05) is 0 Å². The lowest BCUT2D eigenvalue weighted by atomic mass is 10.2. The summed E-state index contributed by atoms with van der Waals surface area (Å²) in [6.07, 6.45) is 0. The number of fused-ring (bicyclic) bond motifs is 1. The summed E-state index contributed by atoms with van der Waals surface area (Å²) in [5.41, 5.74) is 0.633. The zero-order valence-electron chi connectivity index (χ0n) is 8.91. The maximum Gasteiger partial charge on any atom is 0.221 e. The molecular weight excluding hydrogens is 254 g/mol. The van der Waals surface area contributed by atoms with Gasteiger partial charge in [0, 0.05) is 12.4 Å². The number of para-hydroxylation sites is 1. The number of carbonyl (C=O) groups excluding carboxylic acids is 1. The Hall–Kier alpha value is -2.08. The predicted octanol–water partition coefficient (Wildman–Crippen LogP) is 1.38. The first-order valence-electron chi connectivity index (χ1n) is 4.76. The van der Waals surface area contributed by atoms with Crippen LogP contribution in [-0.2, 0) is 17.3 Å². The van der Waals surface area contributed by atoms with Crippen molar-refractivity contribution < 1.29 is 18.3 Å². The van der Waals surface area contributed by atoms with E-state index in [2.05, 4.69) is 0 Å². The van der Waals surface area contributed by atoms with Gasteiger partial charge in [0.05, 0.1) is 5.52 Å². The largest absolute Gasteiger partial charge is 0.505 e. The number of hydrogen-bond donors (Lipinski definition) is 1. The molecule has 0 aliphatic heterocycles. The molecule has 0 bridgehead atoms. The van der Waals surface area contributed by atoms with Crippen molar-refractivity contribution in [1.29, 1.82) is 0 Å². The Labute approximate surface area is 106 Å². The van der Waals surface area contributed by atoms with Gasteiger partial charge in [-0.15, -0.1) is 0 Å². The molecule has 5 nitrogen and oxygen atoms in total. The lowest BCUT2D eigenvalue weighted by molar-refractivity contribution is 0.106. The van der Waals surface area contributed by atoms with Gasteiger partial charge in [-0.05, 0) is 12.1 Å². The molecule has 0 aliphatic rings. The lowest BCUT2D eigenvalue weighted by Gasteiger charge is -1.98. The second-order valence-electron chi connectivity index (χ2n) is 3.52. The van der Waals surface area contributed by atoms with Crippen LogP contribution >= 0.6 is 0 Å². The summed E-state index contributed by atoms with van der Waals surface area (Å²) in [6, 6.07) is 6.90. The minimum absolute atomic E-state index is 0. The summed E-state index contributed by atoms with van der Waals surface area (Å²) in [5.74, 6) is -0.940. The molecule has 0 radical (unpaired) electrons. The van der Waals surface area contributed by atoms with E-state index >= 15 is 0 Å². The van der Waals surface area contributed by atoms with Gasteiger partial charge >= 0.3 is 0 Å². The summed E-state index contributed by atoms with van der Waals surface area (Å²) >= 11 is 0. The van der Waals surface area contributed by atoms with Crippen LogP contribution in [0.25, 0.3) is 10.9 Å². The molecule has 18 heavy (non-hydrogen) atoms. The summed E-state index contributed by atoms with van der Waals surface area (Å²) in [6.45, 7) is 0. The molecule has 0 fully saturated rings. The van der Waals surface area contributed by atoms with Crippen LogP contribution in [-0.4, -0.2) is 29.2 Å². The molecule has 2 rings (SSSR count). The highest BCUT2D eigenvalue weighted by Gasteiger charge is 2.19. The van der Waals surface area contributed by atoms with E-state index in [0.29, 0.717) is 16.3 Å². The van der Waals surface area contributed by atoms with Crippen LogP contribution in [0.4, 0.5) is 0 Å². The summed E-state index contributed by atoms with van der Waals surface area (Å²) in [5, 5.41) is 10.9. The second kappa shape index (κ2) is 5.05. The molecule has 0 saturated carbocycles. The highest BCUT2D eigenvalue weighted by atomic mass is 32.2. The van der Waals surface area contributed by atoms with Gasteiger partial charge in [-0.1, -0.05) is 19.6 Å². The quantitative estimate of drug-likeness (QED) is 0.659. The number of aryl methyl sites for hydroxylation is 1. The van der Waals surface area contributed by atoms with Gasteiger partial charge in [0.25, 0.3) is 0 Å². The molecule has 0 spiro atoms. The highest BCUT2D eigenvalue weighted by molar-refractivity contribution is 7.73. The number of hydrogen-bond acceptors (Lipinski definition) is 4. The standard InChI is InChI=1S/C11H9NO4S.CH4/c1-12-8-5-3-2-4-7(8)11(14)10(12)9(13)6-17(15)16;/h2-6,14H,1H3;1H4. The molecule has 0 atom stereocenters. The molecule has 0 saturated heterocycles. The first kappa shape index (κ1) is 14.0. The number of ketones is 1. The van der Waals surface area contributed by atoms with Gasteiger partial charge in [0.2, 0.25) is 16.1 Å². The normalized spacial score (nSPS) is 9.83. The predicted molar refractivity (Wildman–Crippen MR) is 70.6 cm³/mol. The molecule has 96 valence electrons. The van der Waals surface area contributed by atoms with Crippen LogP contribution < -0.4 is 0 Å². The van der Waals surface area contributed by atoms with E-state index in [1.165, 1.54) is 4.57 Å². The van der Waals surface area contributed by atoms with Crippen molar-refractivity contribution in [2.45, 2.75) is 7.43 Å². The fourth-order valence-corrected chi connectivity index (χ4v) is 2.08. The first-order chi connectivity index (χ1) is 8.02. The van der Waals surface area contributed by atoms with E-state index in [-0.39, 0.29) is 18.9 Å². The monoisotopic (exact) mass is 267 g/mol. The van der Waals surface area contributed by atoms with Crippen molar-refractivity contribution in [3.63, 3.8) is 0 Å². The average Bonchev–Trinajstić information content (AvgIpc) is 2.51. The third kappa shape index (κ3) is 2.14. The maximum atomic E-state index is 11.6. The lowest BCUT2D eigenvalue weighted by Crippen LogP contribution is -2.07. The molecule has 1 heterocycles. The van der Waals surface area contributed by atoms with Crippen molar-refractivity contribution in [1.82, 2.24) is 4.57 Å². The number of benzene rings is 1. The van der Waals surface area contributed by atoms with Gasteiger partial charge < -0.3 is 9.67 Å². The third-order valence-corrected chi connectivity index (χ3v) is 2.92. The molecule has 6 heteroatoms. The van der Waals surface area contributed by atoms with E-state index in [4.69, 9.17) is 0 Å². The Morgan fingerprint density at radius 1 is 1.33 bits per heavy atom. The van der Waals surface area contributed by atoms with E-state index in [9.17, 15) is 18.3 Å². The van der Waals surface area contributed by atoms with Crippen molar-refractivity contribution in [2.24, 2.45) is 7.05 Å². The highest BCUT2D eigenvalue weighted by Crippen LogP contribution is 2.30. The van der Waals surface area contributed by atoms with Crippen molar-refractivity contribution in [3.8, 4) is 5.75 Å². The molecule has 0 amide bonds. The number of Topliss-reactive ketones (excluding diaryl/α,β-unsaturated/α-hetero) is 1. The van der Waals surface area contributed by atoms with E-state index in [0.717, 1.165) is 0 Å². The summed E-state index contributed by atoms with van der Waals surface area (Å²) < 4.78 is 22.4. The molecule has 0 unspecified atom stereocenters. The number of rotatable bonds is 2. The fraction of sp³-hybridized carbons (Fsp3) is 0.167. The molecule has 1 aromatic carbocycles. The van der Waals surface area contributed by atoms with Gasteiger partial charge in [-0.2, -0.15) is 8.42 Å². The number of nitrogens with zero attached hydrogens (tertiary/aromatic N) is 1. The molecule has 0 aliphatic carbocycles. The van der Waals surface area contributed by atoms with Gasteiger partial charge in [-0.3, -0.25) is 4.79 Å². The molecule has 2 aromatic rings. The van der Waals surface area contributed by atoms with Crippen molar-refractivity contribution in [2.75, 3.05) is 0 Å². The number of aromatic nitrogens is 1. The minimum Gasteiger partial charge on any atom is -0.505 e. The summed E-state index contributed by atoms with van der Waals surface area (Å²) in [7, 11) is -0.989. The molecule has 1 aromatic heterocycles. The third-order valence-electron chi connectivity index (χ3n) is 2.52. The van der Waals surface area contributed by atoms with Crippen LogP contribution in [0.15, 0.2) is 24.3 Å². The second-order valence-corrected chi connectivity index (χ2v) is 4.27. The SMILES string of the molecule is C.Cn1c(C(=O)C=S(=O)=O)c(O)c2ccccc21. The maximum absolute atomic E-state index is 11.6. The van der Waals surface area contributed by atoms with Crippen LogP contribution in [0.1, 0.15) is 17.9 Å². The fourth-order valence-electron chi connectivity index (χ4n) is 1.80. The van der Waals surface area contributed by atoms with Gasteiger partial charge in [0.15, 0.2) is 5.75 Å². The number of carbonyl (C=O) groups is 1. The first-order valence-corrected chi connectivity index (χ1v) is 5.90. The Kier molecular flexibility index (Phi) is 3.93. The Balaban J connectivity index is 0.00000162. The molecule has 1 N–H and O–H groups in total. The van der Waals surface area contributed by atoms with E-state index in [1.54, 1.807) is 31.3 Å². The Morgan fingerprint density at radius 2 is 1.94 bits per heavy atom. The van der Waals surface area contributed by atoms with Crippen molar-refractivity contribution in [3.05, 3.63) is 30.0 Å². The minimum atomic E-state index is -2.58.